The second kappa shape index (κ2) is 37.4. The van der Waals surface area contributed by atoms with Crippen LogP contribution in [0.2, 0.25) is 0 Å². The fraction of sp³-hybridized carbons (Fsp3) is 0.830. The fourth-order valence-corrected chi connectivity index (χ4v) is 8.07. The number of hydrogen-bond donors (Lipinski definition) is 6. The summed E-state index contributed by atoms with van der Waals surface area (Å²) in [7, 11) is -5.12. The van der Waals surface area contributed by atoms with Crippen molar-refractivity contribution < 1.29 is 63.1 Å². The Bertz CT molecular complexity index is 1210. The van der Waals surface area contributed by atoms with E-state index in [-0.39, 0.29) is 12.8 Å². The van der Waals surface area contributed by atoms with Gasteiger partial charge in [-0.2, -0.15) is 0 Å². The summed E-state index contributed by atoms with van der Waals surface area (Å²) in [5.41, 5.74) is 0. The lowest BCUT2D eigenvalue weighted by Gasteiger charge is -2.41. The minimum atomic E-state index is -5.12. The average Bonchev–Trinajstić information content (AvgIpc) is 3.24. The van der Waals surface area contributed by atoms with E-state index in [0.717, 1.165) is 64.2 Å². The summed E-state index contributed by atoms with van der Waals surface area (Å²) in [6, 6.07) is 0. The van der Waals surface area contributed by atoms with Gasteiger partial charge in [0.25, 0.3) is 0 Å². The molecule has 0 saturated heterocycles. The molecule has 8 atom stereocenters. The zero-order chi connectivity index (χ0) is 45.0. The van der Waals surface area contributed by atoms with Crippen molar-refractivity contribution in [2.24, 2.45) is 0 Å². The Labute approximate surface area is 368 Å². The summed E-state index contributed by atoms with van der Waals surface area (Å²) in [6.07, 6.45) is 29.1. The van der Waals surface area contributed by atoms with E-state index in [1.165, 1.54) is 89.9 Å². The van der Waals surface area contributed by atoms with E-state index in [1.54, 1.807) is 0 Å². The van der Waals surface area contributed by atoms with Crippen LogP contribution in [0, 0.1) is 0 Å². The Morgan fingerprint density at radius 2 is 0.885 bits per heavy atom. The van der Waals surface area contributed by atoms with Gasteiger partial charge in [0, 0.05) is 12.8 Å². The van der Waals surface area contributed by atoms with Gasteiger partial charge < -0.3 is 39.9 Å². The molecule has 0 aliphatic heterocycles. The third kappa shape index (κ3) is 30.0. The van der Waals surface area contributed by atoms with Gasteiger partial charge >= 0.3 is 19.8 Å². The number of carbonyl (C=O) groups is 2. The van der Waals surface area contributed by atoms with Crippen LogP contribution in [0.1, 0.15) is 194 Å². The average molecular weight is 889 g/mol. The zero-order valence-electron chi connectivity index (χ0n) is 37.7. The quantitative estimate of drug-likeness (QED) is 0.0112. The minimum Gasteiger partial charge on any atom is -0.462 e. The van der Waals surface area contributed by atoms with Gasteiger partial charge in [-0.15, -0.1) is 0 Å². The molecular weight excluding hydrogens is 803 g/mol. The molecule has 0 spiro atoms. The maximum atomic E-state index is 12.8. The highest BCUT2D eigenvalue weighted by molar-refractivity contribution is 7.47. The van der Waals surface area contributed by atoms with Crippen LogP contribution in [-0.2, 0) is 32.7 Å². The molecule has 0 aromatic carbocycles. The second-order valence-corrected chi connectivity index (χ2v) is 18.0. The molecule has 13 nitrogen and oxygen atoms in total. The van der Waals surface area contributed by atoms with Gasteiger partial charge in [-0.25, -0.2) is 4.57 Å². The first-order chi connectivity index (χ1) is 29.4. The van der Waals surface area contributed by atoms with E-state index in [2.05, 4.69) is 50.3 Å². The molecule has 0 heterocycles. The van der Waals surface area contributed by atoms with Crippen LogP contribution in [0.15, 0.2) is 36.5 Å². The number of unbranched alkanes of at least 4 members (excludes halogenated alkanes) is 22. The summed E-state index contributed by atoms with van der Waals surface area (Å²) >= 11 is 0. The Morgan fingerprint density at radius 1 is 0.508 bits per heavy atom. The Balaban J connectivity index is 2.45. The number of carbonyl (C=O) groups excluding carboxylic acids is 2. The number of hydrogen-bond acceptors (Lipinski definition) is 12. The lowest BCUT2D eigenvalue weighted by Crippen LogP contribution is -2.64. The molecule has 0 aromatic heterocycles. The van der Waals surface area contributed by atoms with Gasteiger partial charge in [0.2, 0.25) is 0 Å². The van der Waals surface area contributed by atoms with E-state index in [1.807, 2.05) is 0 Å². The number of aliphatic hydroxyl groups is 5. The van der Waals surface area contributed by atoms with Crippen LogP contribution in [-0.4, -0.2) is 98.3 Å². The maximum absolute atomic E-state index is 12.8. The smallest absolute Gasteiger partial charge is 0.462 e. The van der Waals surface area contributed by atoms with E-state index in [9.17, 15) is 44.6 Å². The van der Waals surface area contributed by atoms with Crippen molar-refractivity contribution in [3.63, 3.8) is 0 Å². The normalized spacial score (nSPS) is 22.3. The summed E-state index contributed by atoms with van der Waals surface area (Å²) < 4.78 is 33.5. The van der Waals surface area contributed by atoms with Crippen molar-refractivity contribution in [1.29, 1.82) is 0 Å². The molecule has 6 unspecified atom stereocenters. The minimum absolute atomic E-state index is 0.0792. The van der Waals surface area contributed by atoms with Crippen LogP contribution >= 0.6 is 7.82 Å². The highest BCUT2D eigenvalue weighted by Crippen LogP contribution is 2.47. The molecular formula is C47H85O13P. The van der Waals surface area contributed by atoms with Crippen LogP contribution in [0.3, 0.4) is 0 Å². The summed E-state index contributed by atoms with van der Waals surface area (Å²) in [4.78, 5) is 35.7. The summed E-state index contributed by atoms with van der Waals surface area (Å²) in [5, 5.41) is 50.2. The van der Waals surface area contributed by atoms with Gasteiger partial charge in [0.15, 0.2) is 6.10 Å². The van der Waals surface area contributed by atoms with Crippen molar-refractivity contribution >= 4 is 19.8 Å². The Morgan fingerprint density at radius 3 is 1.34 bits per heavy atom. The third-order valence-electron chi connectivity index (χ3n) is 11.0. The molecule has 0 bridgehead atoms. The summed E-state index contributed by atoms with van der Waals surface area (Å²) in [5.74, 6) is -1.12. The third-order valence-corrected chi connectivity index (χ3v) is 12.0. The van der Waals surface area contributed by atoms with Crippen molar-refractivity contribution in [2.75, 3.05) is 13.2 Å². The molecule has 0 radical (unpaired) electrons. The maximum Gasteiger partial charge on any atom is 0.472 e. The number of ether oxygens (including phenoxy) is 2. The molecule has 6 N–H and O–H groups in total. The molecule has 0 amide bonds. The largest absolute Gasteiger partial charge is 0.472 e. The summed E-state index contributed by atoms with van der Waals surface area (Å²) in [6.45, 7) is 3.26. The van der Waals surface area contributed by atoms with Crippen molar-refractivity contribution in [1.82, 2.24) is 0 Å². The molecule has 61 heavy (non-hydrogen) atoms. The predicted molar refractivity (Wildman–Crippen MR) is 240 cm³/mol. The first-order valence-electron chi connectivity index (χ1n) is 23.8. The number of rotatable bonds is 39. The molecule has 356 valence electrons. The fourth-order valence-electron chi connectivity index (χ4n) is 7.10. The molecule has 14 heteroatoms. The molecule has 1 saturated carbocycles. The number of aliphatic hydroxyl groups excluding tert-OH is 5. The number of phosphoric ester groups is 1. The second-order valence-electron chi connectivity index (χ2n) is 16.6. The highest BCUT2D eigenvalue weighted by Gasteiger charge is 2.51. The van der Waals surface area contributed by atoms with E-state index in [0.29, 0.717) is 12.8 Å². The van der Waals surface area contributed by atoms with Gasteiger partial charge in [-0.1, -0.05) is 153 Å². The molecule has 1 fully saturated rings. The van der Waals surface area contributed by atoms with E-state index >= 15 is 0 Å². The zero-order valence-corrected chi connectivity index (χ0v) is 38.6. The van der Waals surface area contributed by atoms with Crippen molar-refractivity contribution in [2.45, 2.75) is 236 Å². The molecule has 1 rings (SSSR count). The first-order valence-corrected chi connectivity index (χ1v) is 25.3. The predicted octanol–water partition coefficient (Wildman–Crippen LogP) is 9.39. The van der Waals surface area contributed by atoms with Crippen molar-refractivity contribution in [3.8, 4) is 0 Å². The van der Waals surface area contributed by atoms with Crippen LogP contribution < -0.4 is 0 Å². The molecule has 0 aromatic rings. The Hall–Kier alpha value is -1.93. The van der Waals surface area contributed by atoms with Gasteiger partial charge in [-0.05, 0) is 64.2 Å². The molecule has 1 aliphatic rings. The molecule has 1 aliphatic carbocycles. The Kier molecular flexibility index (Phi) is 35.0. The van der Waals surface area contributed by atoms with Crippen LogP contribution in [0.25, 0.3) is 0 Å². The van der Waals surface area contributed by atoms with Crippen LogP contribution in [0.4, 0.5) is 0 Å². The van der Waals surface area contributed by atoms with Crippen LogP contribution in [0.5, 0.6) is 0 Å². The van der Waals surface area contributed by atoms with E-state index < -0.39 is 75.7 Å². The van der Waals surface area contributed by atoms with Gasteiger partial charge in [0.1, 0.15) is 43.2 Å². The van der Waals surface area contributed by atoms with Crippen molar-refractivity contribution in [3.05, 3.63) is 36.5 Å². The highest BCUT2D eigenvalue weighted by atomic mass is 31.2. The topological polar surface area (TPSA) is 210 Å². The number of allylic oxidation sites excluding steroid dienone is 6. The first kappa shape index (κ1) is 57.1. The monoisotopic (exact) mass is 889 g/mol. The van der Waals surface area contributed by atoms with Gasteiger partial charge in [0.05, 0.1) is 6.61 Å². The lowest BCUT2D eigenvalue weighted by atomic mass is 9.85. The standard InChI is InChI=1S/C47H85O13P/c1-3-5-7-9-11-13-15-17-19-20-22-23-25-27-29-31-33-35-40(48)57-37-39(38-58-61(55,56)60-47-45(53)43(51)42(50)44(52)46(47)54)59-41(49)36-34-32-30-28-26-24-21-18-16-14-12-10-8-6-4-2/h13-16,18,21,39,42-47,50-54H,3-12,17,19-20,22-38H2,1-2H3,(H,55,56)/b15-13+,16-14+,21-18+/t39-,42?,43-,44?,45?,46?,47?/m0/s1. The lowest BCUT2D eigenvalue weighted by molar-refractivity contribution is -0.220. The number of esters is 2. The SMILES string of the molecule is CCCCCC/C=C/C=C/CCCCCCCC(=O)O[C@@H](COC(=O)CCCCCCCCCCC/C=C/CCCCCC)COP(=O)(O)OC1C(O)C(O)C(O)[C@H](O)C1O. The van der Waals surface area contributed by atoms with Gasteiger partial charge in [-0.3, -0.25) is 18.6 Å². The number of phosphoric acid groups is 1. The van der Waals surface area contributed by atoms with E-state index in [4.69, 9.17) is 18.5 Å².